The lowest BCUT2D eigenvalue weighted by Gasteiger charge is -2.10. The zero-order chi connectivity index (χ0) is 17.1. The quantitative estimate of drug-likeness (QED) is 0.746. The highest BCUT2D eigenvalue weighted by Crippen LogP contribution is 2.27. The highest BCUT2D eigenvalue weighted by molar-refractivity contribution is 5.99. The number of nitrogens with zero attached hydrogens (tertiary/aromatic N) is 1. The van der Waals surface area contributed by atoms with Crippen LogP contribution in [0.2, 0.25) is 0 Å². The second-order valence-electron chi connectivity index (χ2n) is 5.02. The van der Waals surface area contributed by atoms with Gasteiger partial charge in [0.15, 0.2) is 0 Å². The van der Waals surface area contributed by atoms with E-state index >= 15 is 0 Å². The van der Waals surface area contributed by atoms with Crippen molar-refractivity contribution in [2.45, 2.75) is 0 Å². The maximum atomic E-state index is 11.7. The van der Waals surface area contributed by atoms with E-state index < -0.39 is 11.9 Å². The fourth-order valence-corrected chi connectivity index (χ4v) is 2.24. The normalized spacial score (nSPS) is 10.4. The van der Waals surface area contributed by atoms with Crippen LogP contribution in [0.25, 0.3) is 10.9 Å². The summed E-state index contributed by atoms with van der Waals surface area (Å²) in [6.07, 6.45) is 0. The number of nitrogens with two attached hydrogens (primary N) is 1. The van der Waals surface area contributed by atoms with Crippen molar-refractivity contribution in [1.82, 2.24) is 4.98 Å². The van der Waals surface area contributed by atoms with E-state index in [-0.39, 0.29) is 11.4 Å². The van der Waals surface area contributed by atoms with Crippen molar-refractivity contribution in [2.75, 3.05) is 7.11 Å². The minimum absolute atomic E-state index is 0.118. The molecule has 1 amide bonds. The van der Waals surface area contributed by atoms with Crippen LogP contribution in [0.15, 0.2) is 54.6 Å². The number of benzene rings is 2. The summed E-state index contributed by atoms with van der Waals surface area (Å²) in [7, 11) is 1.31. The molecule has 1 heterocycles. The highest BCUT2D eigenvalue weighted by Gasteiger charge is 2.14. The van der Waals surface area contributed by atoms with Gasteiger partial charge in [-0.1, -0.05) is 18.2 Å². The van der Waals surface area contributed by atoms with Gasteiger partial charge in [-0.3, -0.25) is 4.79 Å². The molecule has 0 bridgehead atoms. The van der Waals surface area contributed by atoms with Gasteiger partial charge in [-0.25, -0.2) is 9.78 Å². The first-order valence-electron chi connectivity index (χ1n) is 7.14. The average Bonchev–Trinajstić information content (AvgIpc) is 2.61. The molecule has 0 aliphatic heterocycles. The number of fused-ring (bicyclic) bond motifs is 1. The first-order valence-corrected chi connectivity index (χ1v) is 7.14. The zero-order valence-corrected chi connectivity index (χ0v) is 12.9. The molecule has 24 heavy (non-hydrogen) atoms. The third-order valence-corrected chi connectivity index (χ3v) is 3.44. The largest absolute Gasteiger partial charge is 0.465 e. The molecule has 3 rings (SSSR count). The smallest absolute Gasteiger partial charge is 0.337 e. The van der Waals surface area contributed by atoms with Crippen LogP contribution < -0.4 is 10.5 Å². The Bertz CT molecular complexity index is 920. The predicted octanol–water partition coefficient (Wildman–Crippen LogP) is 2.91. The van der Waals surface area contributed by atoms with Gasteiger partial charge in [-0.15, -0.1) is 0 Å². The summed E-state index contributed by atoms with van der Waals surface area (Å²) in [6, 6.07) is 15.3. The van der Waals surface area contributed by atoms with E-state index in [0.717, 1.165) is 5.39 Å². The summed E-state index contributed by atoms with van der Waals surface area (Å²) in [4.78, 5) is 27.5. The van der Waals surface area contributed by atoms with Gasteiger partial charge in [0.25, 0.3) is 5.91 Å². The number of para-hydroxylation sites is 1. The van der Waals surface area contributed by atoms with Crippen molar-refractivity contribution in [2.24, 2.45) is 5.73 Å². The van der Waals surface area contributed by atoms with Gasteiger partial charge < -0.3 is 15.2 Å². The number of aromatic nitrogens is 1. The molecule has 0 spiro atoms. The summed E-state index contributed by atoms with van der Waals surface area (Å²) >= 11 is 0. The average molecular weight is 322 g/mol. The van der Waals surface area contributed by atoms with Gasteiger partial charge in [0.05, 0.1) is 18.2 Å². The summed E-state index contributed by atoms with van der Waals surface area (Å²) < 4.78 is 10.3. The number of hydrogen-bond acceptors (Lipinski definition) is 5. The number of amides is 1. The number of pyridine rings is 1. The van der Waals surface area contributed by atoms with Crippen LogP contribution in [-0.2, 0) is 4.74 Å². The molecule has 1 aromatic heterocycles. The molecule has 2 aromatic carbocycles. The molecule has 0 unspecified atom stereocenters. The van der Waals surface area contributed by atoms with Crippen molar-refractivity contribution in [1.29, 1.82) is 0 Å². The van der Waals surface area contributed by atoms with E-state index in [0.29, 0.717) is 16.8 Å². The maximum Gasteiger partial charge on any atom is 0.337 e. The number of ether oxygens (including phenoxy) is 2. The lowest BCUT2D eigenvalue weighted by Crippen LogP contribution is -2.13. The van der Waals surface area contributed by atoms with Crippen LogP contribution in [-0.4, -0.2) is 24.0 Å². The van der Waals surface area contributed by atoms with Crippen LogP contribution in [0.1, 0.15) is 20.7 Å². The van der Waals surface area contributed by atoms with Crippen LogP contribution in [0.4, 0.5) is 0 Å². The molecular weight excluding hydrogens is 308 g/mol. The number of carbonyl (C=O) groups is 2. The number of carbonyl (C=O) groups excluding carboxylic acids is 2. The third-order valence-electron chi connectivity index (χ3n) is 3.44. The van der Waals surface area contributed by atoms with Crippen LogP contribution in [0.5, 0.6) is 11.6 Å². The standard InChI is InChI=1S/C18H14N2O4/c1-23-18(22)11-6-8-13(9-7-11)24-17-14(16(19)21)10-12-4-2-3-5-15(12)20-17/h2-10H,1H3,(H2,19,21). The Morgan fingerprint density at radius 1 is 1.04 bits per heavy atom. The number of methoxy groups -OCH3 is 1. The van der Waals surface area contributed by atoms with E-state index in [1.807, 2.05) is 24.3 Å². The van der Waals surface area contributed by atoms with Crippen molar-refractivity contribution >= 4 is 22.8 Å². The van der Waals surface area contributed by atoms with Crippen LogP contribution in [0.3, 0.4) is 0 Å². The van der Waals surface area contributed by atoms with Crippen LogP contribution >= 0.6 is 0 Å². The lowest BCUT2D eigenvalue weighted by molar-refractivity contribution is 0.0600. The third kappa shape index (κ3) is 3.03. The number of primary amides is 1. The number of rotatable bonds is 4. The predicted molar refractivity (Wildman–Crippen MR) is 88.1 cm³/mol. The molecule has 120 valence electrons. The Labute approximate surface area is 137 Å². The van der Waals surface area contributed by atoms with Gasteiger partial charge >= 0.3 is 5.97 Å². The fraction of sp³-hybridized carbons (Fsp3) is 0.0556. The molecule has 6 nitrogen and oxygen atoms in total. The Morgan fingerprint density at radius 3 is 2.42 bits per heavy atom. The van der Waals surface area contributed by atoms with Crippen molar-refractivity contribution < 1.29 is 19.1 Å². The minimum Gasteiger partial charge on any atom is -0.465 e. The number of esters is 1. The molecular formula is C18H14N2O4. The molecule has 0 radical (unpaired) electrons. The minimum atomic E-state index is -0.630. The molecule has 3 aromatic rings. The Balaban J connectivity index is 1.98. The number of hydrogen-bond donors (Lipinski definition) is 1. The molecule has 0 atom stereocenters. The summed E-state index contributed by atoms with van der Waals surface area (Å²) in [6.45, 7) is 0. The molecule has 2 N–H and O–H groups in total. The molecule has 0 saturated heterocycles. The van der Waals surface area contributed by atoms with Crippen molar-refractivity contribution in [3.05, 3.63) is 65.7 Å². The summed E-state index contributed by atoms with van der Waals surface area (Å²) in [5, 5.41) is 0.791. The van der Waals surface area contributed by atoms with E-state index in [2.05, 4.69) is 9.72 Å². The molecule has 0 saturated carbocycles. The monoisotopic (exact) mass is 322 g/mol. The van der Waals surface area contributed by atoms with E-state index in [9.17, 15) is 9.59 Å². The van der Waals surface area contributed by atoms with Crippen molar-refractivity contribution in [3.63, 3.8) is 0 Å². The van der Waals surface area contributed by atoms with Crippen molar-refractivity contribution in [3.8, 4) is 11.6 Å². The van der Waals surface area contributed by atoms with E-state index in [1.165, 1.54) is 7.11 Å². The molecule has 0 aliphatic rings. The Kier molecular flexibility index (Phi) is 4.11. The molecule has 0 fully saturated rings. The second-order valence-corrected chi connectivity index (χ2v) is 5.02. The molecule has 0 aliphatic carbocycles. The lowest BCUT2D eigenvalue weighted by atomic mass is 10.1. The van der Waals surface area contributed by atoms with Crippen LogP contribution in [0, 0.1) is 0 Å². The highest BCUT2D eigenvalue weighted by atomic mass is 16.5. The second kappa shape index (κ2) is 6.37. The van der Waals surface area contributed by atoms with Gasteiger partial charge in [-0.2, -0.15) is 0 Å². The first-order chi connectivity index (χ1) is 11.6. The van der Waals surface area contributed by atoms with E-state index in [4.69, 9.17) is 10.5 Å². The SMILES string of the molecule is COC(=O)c1ccc(Oc2nc3ccccc3cc2C(N)=O)cc1. The maximum absolute atomic E-state index is 11.7. The van der Waals surface area contributed by atoms with Gasteiger partial charge in [0.2, 0.25) is 5.88 Å². The fourth-order valence-electron chi connectivity index (χ4n) is 2.24. The van der Waals surface area contributed by atoms with Gasteiger partial charge in [-0.05, 0) is 36.4 Å². The Hall–Kier alpha value is -3.41. The topological polar surface area (TPSA) is 91.5 Å². The van der Waals surface area contributed by atoms with Gasteiger partial charge in [0.1, 0.15) is 11.3 Å². The summed E-state index contributed by atoms with van der Waals surface area (Å²) in [5.74, 6) is -0.530. The van der Waals surface area contributed by atoms with E-state index in [1.54, 1.807) is 30.3 Å². The first kappa shape index (κ1) is 15.5. The zero-order valence-electron chi connectivity index (χ0n) is 12.9. The van der Waals surface area contributed by atoms with Gasteiger partial charge in [0, 0.05) is 5.39 Å². The summed E-state index contributed by atoms with van der Waals surface area (Å²) in [5.41, 5.74) is 6.69. The molecule has 6 heteroatoms. The Morgan fingerprint density at radius 2 is 1.75 bits per heavy atom.